The monoisotopic (exact) mass is 398 g/mol. The summed E-state index contributed by atoms with van der Waals surface area (Å²) in [7, 11) is 0. The van der Waals surface area contributed by atoms with E-state index in [2.05, 4.69) is 63.4 Å². The summed E-state index contributed by atoms with van der Waals surface area (Å²) in [5.74, 6) is 1.35. The molecule has 3 heterocycles. The van der Waals surface area contributed by atoms with Gasteiger partial charge in [-0.15, -0.1) is 0 Å². The topological polar surface area (TPSA) is 49.3 Å². The van der Waals surface area contributed by atoms with Crippen molar-refractivity contribution >= 4 is 17.5 Å². The number of piperidine rings is 1. The molecule has 2 aromatic carbocycles. The van der Waals surface area contributed by atoms with Crippen molar-refractivity contribution in [3.05, 3.63) is 83.7 Å². The Bertz CT molecular complexity index is 1010. The fraction of sp³-hybridized carbons (Fsp3) is 0.320. The molecule has 2 aliphatic rings. The summed E-state index contributed by atoms with van der Waals surface area (Å²) in [5.41, 5.74) is 4.44. The van der Waals surface area contributed by atoms with Gasteiger partial charge < -0.3 is 9.80 Å². The van der Waals surface area contributed by atoms with Gasteiger partial charge in [0.05, 0.1) is 5.56 Å². The highest BCUT2D eigenvalue weighted by molar-refractivity contribution is 5.93. The number of hydrogen-bond acceptors (Lipinski definition) is 4. The molecule has 30 heavy (non-hydrogen) atoms. The van der Waals surface area contributed by atoms with Gasteiger partial charge in [-0.1, -0.05) is 48.5 Å². The van der Waals surface area contributed by atoms with E-state index < -0.39 is 0 Å². The zero-order valence-corrected chi connectivity index (χ0v) is 17.1. The molecule has 0 saturated carbocycles. The number of anilines is 2. The number of fused-ring (bicyclic) bond motifs is 1. The van der Waals surface area contributed by atoms with Crippen LogP contribution in [0.4, 0.5) is 11.6 Å². The van der Waals surface area contributed by atoms with E-state index in [4.69, 9.17) is 0 Å². The van der Waals surface area contributed by atoms with Gasteiger partial charge in [-0.25, -0.2) is 9.97 Å². The van der Waals surface area contributed by atoms with Crippen molar-refractivity contribution in [2.24, 2.45) is 5.92 Å². The molecule has 3 aromatic rings. The third kappa shape index (κ3) is 3.80. The maximum atomic E-state index is 12.9. The van der Waals surface area contributed by atoms with Crippen LogP contribution >= 0.6 is 0 Å². The largest absolute Gasteiger partial charge is 0.339 e. The number of nitrogens with zero attached hydrogens (tertiary/aromatic N) is 4. The van der Waals surface area contributed by atoms with Crippen LogP contribution in [0, 0.1) is 5.92 Å². The highest BCUT2D eigenvalue weighted by Gasteiger charge is 2.25. The average molecular weight is 399 g/mol. The number of amides is 1. The molecule has 1 aromatic heterocycles. The molecule has 1 saturated heterocycles. The van der Waals surface area contributed by atoms with Crippen LogP contribution in [0.1, 0.15) is 34.3 Å². The molecule has 0 spiro atoms. The Morgan fingerprint density at radius 2 is 1.60 bits per heavy atom. The van der Waals surface area contributed by atoms with Crippen LogP contribution in [0.5, 0.6) is 0 Å². The summed E-state index contributed by atoms with van der Waals surface area (Å²) in [5, 5.41) is 0. The summed E-state index contributed by atoms with van der Waals surface area (Å²) in [4.78, 5) is 26.0. The van der Waals surface area contributed by atoms with Crippen LogP contribution < -0.4 is 4.90 Å². The van der Waals surface area contributed by atoms with Crippen molar-refractivity contribution in [2.75, 3.05) is 24.5 Å². The predicted molar refractivity (Wildman–Crippen MR) is 118 cm³/mol. The van der Waals surface area contributed by atoms with E-state index in [1.807, 2.05) is 11.0 Å². The Morgan fingerprint density at radius 1 is 0.900 bits per heavy atom. The number of carbonyl (C=O) groups is 1. The van der Waals surface area contributed by atoms with Gasteiger partial charge in [-0.2, -0.15) is 0 Å². The van der Waals surface area contributed by atoms with E-state index in [9.17, 15) is 4.79 Å². The lowest BCUT2D eigenvalue weighted by Gasteiger charge is -2.32. The fourth-order valence-corrected chi connectivity index (χ4v) is 4.59. The number of benzene rings is 2. The molecule has 0 radical (unpaired) electrons. The van der Waals surface area contributed by atoms with Gasteiger partial charge in [-0.3, -0.25) is 4.79 Å². The van der Waals surface area contributed by atoms with Crippen molar-refractivity contribution in [2.45, 2.75) is 25.7 Å². The Balaban J connectivity index is 1.20. The molecule has 0 atom stereocenters. The first-order valence-corrected chi connectivity index (χ1v) is 10.8. The van der Waals surface area contributed by atoms with Gasteiger partial charge in [0.25, 0.3) is 5.91 Å². The van der Waals surface area contributed by atoms with Crippen LogP contribution in [0.2, 0.25) is 0 Å². The number of aromatic nitrogens is 2. The van der Waals surface area contributed by atoms with Crippen molar-refractivity contribution in [1.29, 1.82) is 0 Å². The maximum absolute atomic E-state index is 12.9. The van der Waals surface area contributed by atoms with Gasteiger partial charge >= 0.3 is 0 Å². The standard InChI is InChI=1S/C25H26N4O/c30-24(28-13-10-20(11-14-28)16-19-6-2-1-3-7-19)22-17-26-25(27-18-22)29-15-12-21-8-4-5-9-23(21)29/h1-9,17-18,20H,10-16H2. The molecular weight excluding hydrogens is 372 g/mol. The van der Waals surface area contributed by atoms with Crippen LogP contribution in [-0.4, -0.2) is 40.4 Å². The number of rotatable bonds is 4. The highest BCUT2D eigenvalue weighted by atomic mass is 16.2. The van der Waals surface area contributed by atoms with E-state index in [-0.39, 0.29) is 5.91 Å². The second-order valence-corrected chi connectivity index (χ2v) is 8.23. The summed E-state index contributed by atoms with van der Waals surface area (Å²) in [6.07, 6.45) is 7.55. The van der Waals surface area contributed by atoms with Crippen molar-refractivity contribution in [3.63, 3.8) is 0 Å². The lowest BCUT2D eigenvalue weighted by Crippen LogP contribution is -2.39. The molecule has 2 aliphatic heterocycles. The first-order valence-electron chi connectivity index (χ1n) is 10.8. The van der Waals surface area contributed by atoms with E-state index in [1.54, 1.807) is 12.4 Å². The first-order chi connectivity index (χ1) is 14.8. The Hall–Kier alpha value is -3.21. The number of carbonyl (C=O) groups excluding carboxylic acids is 1. The molecule has 5 rings (SSSR count). The van der Waals surface area contributed by atoms with Gasteiger partial charge in [-0.05, 0) is 48.8 Å². The third-order valence-electron chi connectivity index (χ3n) is 6.28. The summed E-state index contributed by atoms with van der Waals surface area (Å²) in [6, 6.07) is 19.0. The second-order valence-electron chi connectivity index (χ2n) is 8.23. The Kier molecular flexibility index (Phi) is 5.18. The molecule has 152 valence electrons. The Morgan fingerprint density at radius 3 is 2.37 bits per heavy atom. The maximum Gasteiger partial charge on any atom is 0.256 e. The van der Waals surface area contributed by atoms with Crippen molar-refractivity contribution in [1.82, 2.24) is 14.9 Å². The minimum Gasteiger partial charge on any atom is -0.339 e. The van der Waals surface area contributed by atoms with E-state index >= 15 is 0 Å². The minimum absolute atomic E-state index is 0.0431. The number of para-hydroxylation sites is 1. The third-order valence-corrected chi connectivity index (χ3v) is 6.28. The van der Waals surface area contributed by atoms with Gasteiger partial charge in [0.2, 0.25) is 5.95 Å². The number of hydrogen-bond donors (Lipinski definition) is 0. The van der Waals surface area contributed by atoms with E-state index in [0.717, 1.165) is 51.0 Å². The van der Waals surface area contributed by atoms with E-state index in [1.165, 1.54) is 11.1 Å². The van der Waals surface area contributed by atoms with Gasteiger partial charge in [0.15, 0.2) is 0 Å². The SMILES string of the molecule is O=C(c1cnc(N2CCc3ccccc32)nc1)N1CCC(Cc2ccccc2)CC1. The fourth-order valence-electron chi connectivity index (χ4n) is 4.59. The summed E-state index contributed by atoms with van der Waals surface area (Å²) >= 11 is 0. The second kappa shape index (κ2) is 8.27. The van der Waals surface area contributed by atoms with Crippen LogP contribution in [-0.2, 0) is 12.8 Å². The van der Waals surface area contributed by atoms with Crippen LogP contribution in [0.25, 0.3) is 0 Å². The first kappa shape index (κ1) is 18.8. The van der Waals surface area contributed by atoms with Gasteiger partial charge in [0.1, 0.15) is 0 Å². The molecule has 5 nitrogen and oxygen atoms in total. The van der Waals surface area contributed by atoms with Gasteiger partial charge in [0, 0.05) is 37.7 Å². The number of likely N-dealkylation sites (tertiary alicyclic amines) is 1. The molecule has 5 heteroatoms. The predicted octanol–water partition coefficient (Wildman–Crippen LogP) is 4.27. The molecule has 0 aliphatic carbocycles. The smallest absolute Gasteiger partial charge is 0.256 e. The average Bonchev–Trinajstić information content (AvgIpc) is 3.24. The van der Waals surface area contributed by atoms with Crippen molar-refractivity contribution in [3.8, 4) is 0 Å². The molecule has 0 unspecified atom stereocenters. The van der Waals surface area contributed by atoms with Crippen molar-refractivity contribution < 1.29 is 4.79 Å². The van der Waals surface area contributed by atoms with Crippen LogP contribution in [0.3, 0.4) is 0 Å². The molecule has 0 bridgehead atoms. The summed E-state index contributed by atoms with van der Waals surface area (Å²) in [6.45, 7) is 2.48. The highest BCUT2D eigenvalue weighted by Crippen LogP contribution is 2.32. The summed E-state index contributed by atoms with van der Waals surface area (Å²) < 4.78 is 0. The molecule has 0 N–H and O–H groups in total. The molecule has 1 fully saturated rings. The Labute approximate surface area is 177 Å². The van der Waals surface area contributed by atoms with Crippen LogP contribution in [0.15, 0.2) is 67.0 Å². The zero-order chi connectivity index (χ0) is 20.3. The molecule has 1 amide bonds. The molecular formula is C25H26N4O. The zero-order valence-electron chi connectivity index (χ0n) is 17.1. The normalized spacial score (nSPS) is 16.5. The lowest BCUT2D eigenvalue weighted by atomic mass is 9.90. The minimum atomic E-state index is 0.0431. The lowest BCUT2D eigenvalue weighted by molar-refractivity contribution is 0.0689. The quantitative estimate of drug-likeness (QED) is 0.659. The van der Waals surface area contributed by atoms with E-state index in [0.29, 0.717) is 17.4 Å².